The summed E-state index contributed by atoms with van der Waals surface area (Å²) in [6.07, 6.45) is 9.22. The first kappa shape index (κ1) is 27.0. The molecule has 0 aromatic heterocycles. The molecule has 0 unspecified atom stereocenters. The van der Waals surface area contributed by atoms with Crippen molar-refractivity contribution >= 4 is 47.7 Å². The summed E-state index contributed by atoms with van der Waals surface area (Å²) in [5.74, 6) is 2.01. The van der Waals surface area contributed by atoms with Gasteiger partial charge in [-0.2, -0.15) is 11.8 Å². The highest BCUT2D eigenvalue weighted by Gasteiger charge is 2.15. The Balaban J connectivity index is 0. The first-order valence-electron chi connectivity index (χ1n) is 9.04. The lowest BCUT2D eigenvalue weighted by Crippen LogP contribution is -2.38. The molecule has 0 aromatic carbocycles. The largest absolute Gasteiger partial charge is 0.460 e. The number of rotatable bonds is 12. The maximum atomic E-state index is 11.6. The SMILES string of the molecule is CN=C(NCCCCCCC(=O)OC(C)(C)C)NCCCCSC.I. The van der Waals surface area contributed by atoms with Crippen LogP contribution in [0, 0.1) is 0 Å². The average Bonchev–Trinajstić information content (AvgIpc) is 2.50. The van der Waals surface area contributed by atoms with Gasteiger partial charge in [0.15, 0.2) is 5.96 Å². The van der Waals surface area contributed by atoms with E-state index in [1.807, 2.05) is 32.5 Å². The normalized spacial score (nSPS) is 11.6. The molecule has 0 aromatic rings. The summed E-state index contributed by atoms with van der Waals surface area (Å²) < 4.78 is 5.30. The van der Waals surface area contributed by atoms with Crippen LogP contribution in [0.3, 0.4) is 0 Å². The highest BCUT2D eigenvalue weighted by atomic mass is 127. The molecule has 0 aliphatic heterocycles. The fourth-order valence-corrected chi connectivity index (χ4v) is 2.64. The number of carbonyl (C=O) groups is 1. The number of guanidine groups is 1. The molecule has 0 heterocycles. The smallest absolute Gasteiger partial charge is 0.306 e. The van der Waals surface area contributed by atoms with Crippen molar-refractivity contribution in [3.8, 4) is 0 Å². The summed E-state index contributed by atoms with van der Waals surface area (Å²) in [7, 11) is 1.80. The molecule has 0 fully saturated rings. The van der Waals surface area contributed by atoms with Crippen LogP contribution in [0.1, 0.15) is 65.7 Å². The second kappa shape index (κ2) is 17.2. The van der Waals surface area contributed by atoms with Crippen LogP contribution in [-0.4, -0.2) is 49.7 Å². The number of carbonyl (C=O) groups excluding carboxylic acids is 1. The molecule has 0 radical (unpaired) electrons. The monoisotopic (exact) mass is 487 g/mol. The van der Waals surface area contributed by atoms with E-state index in [1.165, 1.54) is 18.6 Å². The molecule has 2 N–H and O–H groups in total. The molecular formula is C18H38IN3O2S. The molecule has 0 atom stereocenters. The van der Waals surface area contributed by atoms with E-state index in [1.54, 1.807) is 7.05 Å². The Kier molecular flexibility index (Phi) is 18.7. The minimum Gasteiger partial charge on any atom is -0.460 e. The molecule has 0 aliphatic rings. The quantitative estimate of drug-likeness (QED) is 0.142. The molecule has 0 spiro atoms. The number of esters is 1. The van der Waals surface area contributed by atoms with Gasteiger partial charge in [-0.15, -0.1) is 24.0 Å². The highest BCUT2D eigenvalue weighted by Crippen LogP contribution is 2.10. The van der Waals surface area contributed by atoms with E-state index in [9.17, 15) is 4.79 Å². The van der Waals surface area contributed by atoms with Gasteiger partial charge in [0.1, 0.15) is 5.60 Å². The van der Waals surface area contributed by atoms with E-state index in [2.05, 4.69) is 21.9 Å². The van der Waals surface area contributed by atoms with Gasteiger partial charge in [0.25, 0.3) is 0 Å². The predicted octanol–water partition coefficient (Wildman–Crippen LogP) is 4.20. The first-order valence-corrected chi connectivity index (χ1v) is 10.4. The lowest BCUT2D eigenvalue weighted by atomic mass is 10.1. The van der Waals surface area contributed by atoms with Crippen LogP contribution in [0.2, 0.25) is 0 Å². The Morgan fingerprint density at radius 1 is 1.00 bits per heavy atom. The molecule has 0 bridgehead atoms. The van der Waals surface area contributed by atoms with E-state index < -0.39 is 0 Å². The lowest BCUT2D eigenvalue weighted by molar-refractivity contribution is -0.154. The van der Waals surface area contributed by atoms with Crippen LogP contribution in [-0.2, 0) is 9.53 Å². The van der Waals surface area contributed by atoms with Crippen LogP contribution in [0.5, 0.6) is 0 Å². The molecule has 7 heteroatoms. The number of aliphatic imine (C=N–C) groups is 1. The fraction of sp³-hybridized carbons (Fsp3) is 0.889. The Labute approximate surface area is 175 Å². The zero-order valence-electron chi connectivity index (χ0n) is 16.7. The minimum atomic E-state index is -0.376. The topological polar surface area (TPSA) is 62.7 Å². The first-order chi connectivity index (χ1) is 11.4. The molecule has 5 nitrogen and oxygen atoms in total. The summed E-state index contributed by atoms with van der Waals surface area (Å²) in [6.45, 7) is 7.59. The van der Waals surface area contributed by atoms with Crippen molar-refractivity contribution in [3.63, 3.8) is 0 Å². The van der Waals surface area contributed by atoms with E-state index in [-0.39, 0.29) is 35.5 Å². The second-order valence-electron chi connectivity index (χ2n) is 6.88. The van der Waals surface area contributed by atoms with Gasteiger partial charge in [0.05, 0.1) is 0 Å². The summed E-state index contributed by atoms with van der Waals surface area (Å²) >= 11 is 1.89. The fourth-order valence-electron chi connectivity index (χ4n) is 2.15. The predicted molar refractivity (Wildman–Crippen MR) is 121 cm³/mol. The molecular weight excluding hydrogens is 449 g/mol. The summed E-state index contributed by atoms with van der Waals surface area (Å²) in [5, 5.41) is 6.67. The minimum absolute atomic E-state index is 0. The third-order valence-corrected chi connectivity index (χ3v) is 4.01. The van der Waals surface area contributed by atoms with Crippen molar-refractivity contribution in [2.24, 2.45) is 4.99 Å². The van der Waals surface area contributed by atoms with E-state index >= 15 is 0 Å². The van der Waals surface area contributed by atoms with Crippen molar-refractivity contribution in [2.45, 2.75) is 71.3 Å². The molecule has 0 rings (SSSR count). The Morgan fingerprint density at radius 2 is 1.56 bits per heavy atom. The van der Waals surface area contributed by atoms with Crippen LogP contribution >= 0.6 is 35.7 Å². The maximum absolute atomic E-state index is 11.6. The van der Waals surface area contributed by atoms with Gasteiger partial charge in [0.2, 0.25) is 0 Å². The molecule has 150 valence electrons. The molecule has 0 saturated carbocycles. The van der Waals surface area contributed by atoms with E-state index in [0.29, 0.717) is 6.42 Å². The number of nitrogens with zero attached hydrogens (tertiary/aromatic N) is 1. The van der Waals surface area contributed by atoms with Crippen molar-refractivity contribution in [3.05, 3.63) is 0 Å². The molecule has 0 amide bonds. The summed E-state index contributed by atoms with van der Waals surface area (Å²) in [4.78, 5) is 15.8. The van der Waals surface area contributed by atoms with Crippen LogP contribution < -0.4 is 10.6 Å². The zero-order chi connectivity index (χ0) is 18.3. The van der Waals surface area contributed by atoms with Gasteiger partial charge >= 0.3 is 5.97 Å². The Morgan fingerprint density at radius 3 is 2.08 bits per heavy atom. The van der Waals surface area contributed by atoms with E-state index in [4.69, 9.17) is 4.74 Å². The van der Waals surface area contributed by atoms with Crippen molar-refractivity contribution in [1.82, 2.24) is 10.6 Å². The standard InChI is InChI=1S/C18H37N3O2S.HI/c1-18(2,3)23-16(22)12-8-6-7-9-13-20-17(19-4)21-14-10-11-15-24-5;/h6-15H2,1-5H3,(H2,19,20,21);1H. The van der Waals surface area contributed by atoms with Crippen LogP contribution in [0.4, 0.5) is 0 Å². The molecule has 25 heavy (non-hydrogen) atoms. The number of unbranched alkanes of at least 4 members (excludes halogenated alkanes) is 4. The Bertz CT molecular complexity index is 361. The van der Waals surface area contributed by atoms with Crippen molar-refractivity contribution in [1.29, 1.82) is 0 Å². The number of ether oxygens (including phenoxy) is 1. The second-order valence-corrected chi connectivity index (χ2v) is 7.86. The zero-order valence-corrected chi connectivity index (χ0v) is 19.8. The molecule has 0 saturated heterocycles. The summed E-state index contributed by atoms with van der Waals surface area (Å²) in [6, 6.07) is 0. The maximum Gasteiger partial charge on any atom is 0.306 e. The molecule has 0 aliphatic carbocycles. The number of nitrogens with one attached hydrogen (secondary N) is 2. The van der Waals surface area contributed by atoms with Crippen molar-refractivity contribution < 1.29 is 9.53 Å². The Hall–Kier alpha value is -0.180. The van der Waals surface area contributed by atoms with Gasteiger partial charge in [-0.05, 0) is 58.5 Å². The lowest BCUT2D eigenvalue weighted by Gasteiger charge is -2.19. The summed E-state index contributed by atoms with van der Waals surface area (Å²) in [5.41, 5.74) is -0.376. The number of halogens is 1. The van der Waals surface area contributed by atoms with Crippen LogP contribution in [0.25, 0.3) is 0 Å². The number of thioether (sulfide) groups is 1. The number of hydrogen-bond donors (Lipinski definition) is 2. The van der Waals surface area contributed by atoms with Crippen molar-refractivity contribution in [2.75, 3.05) is 32.1 Å². The third-order valence-electron chi connectivity index (χ3n) is 3.31. The van der Waals surface area contributed by atoms with Gasteiger partial charge in [-0.1, -0.05) is 12.8 Å². The van der Waals surface area contributed by atoms with Gasteiger partial charge in [-0.25, -0.2) is 0 Å². The van der Waals surface area contributed by atoms with Crippen LogP contribution in [0.15, 0.2) is 4.99 Å². The van der Waals surface area contributed by atoms with Gasteiger partial charge in [0, 0.05) is 26.6 Å². The van der Waals surface area contributed by atoms with Gasteiger partial charge < -0.3 is 15.4 Å². The number of hydrogen-bond acceptors (Lipinski definition) is 4. The van der Waals surface area contributed by atoms with E-state index in [0.717, 1.165) is 44.7 Å². The highest BCUT2D eigenvalue weighted by molar-refractivity contribution is 14.0. The average molecular weight is 487 g/mol. The third kappa shape index (κ3) is 20.0. The van der Waals surface area contributed by atoms with Gasteiger partial charge in [-0.3, -0.25) is 9.79 Å².